The smallest absolute Gasteiger partial charge is 0.212 e. The van der Waals surface area contributed by atoms with E-state index in [1.54, 1.807) is 18.3 Å². The fourth-order valence-corrected chi connectivity index (χ4v) is 4.10. The van der Waals surface area contributed by atoms with Crippen LogP contribution >= 0.6 is 34.8 Å². The van der Waals surface area contributed by atoms with Crippen LogP contribution in [0.3, 0.4) is 0 Å². The summed E-state index contributed by atoms with van der Waals surface area (Å²) in [6.45, 7) is 3.47. The summed E-state index contributed by atoms with van der Waals surface area (Å²) >= 11 is 18.8. The van der Waals surface area contributed by atoms with Crippen molar-refractivity contribution in [2.45, 2.75) is 32.4 Å². The van der Waals surface area contributed by atoms with Crippen LogP contribution in [0.1, 0.15) is 31.4 Å². The Balaban J connectivity index is 1.94. The fourth-order valence-electron chi connectivity index (χ4n) is 3.42. The van der Waals surface area contributed by atoms with E-state index in [2.05, 4.69) is 9.55 Å². The highest BCUT2D eigenvalue weighted by molar-refractivity contribution is 6.36. The van der Waals surface area contributed by atoms with Gasteiger partial charge in [0.05, 0.1) is 26.7 Å². The van der Waals surface area contributed by atoms with Crippen LogP contribution in [-0.4, -0.2) is 26.2 Å². The van der Waals surface area contributed by atoms with E-state index in [-0.39, 0.29) is 0 Å². The number of aliphatic hydroxyl groups excluding tert-OH is 1. The first-order valence-electron chi connectivity index (χ1n) is 8.46. The van der Waals surface area contributed by atoms with Gasteiger partial charge < -0.3 is 9.67 Å². The number of aryl methyl sites for hydroxylation is 1. The molecule has 0 amide bonds. The molecule has 0 bridgehead atoms. The number of halogens is 3. The minimum atomic E-state index is -0.566. The van der Waals surface area contributed by atoms with Crippen LogP contribution in [0.15, 0.2) is 24.4 Å². The molecular formula is C18H17Cl3N4O. The third-order valence-electron chi connectivity index (χ3n) is 4.65. The summed E-state index contributed by atoms with van der Waals surface area (Å²) in [6, 6.07) is 5.33. The minimum Gasteiger partial charge on any atom is -0.388 e. The Labute approximate surface area is 166 Å². The summed E-state index contributed by atoms with van der Waals surface area (Å²) in [5.41, 5.74) is 2.39. The number of rotatable bonds is 3. The molecule has 1 N–H and O–H groups in total. The van der Waals surface area contributed by atoms with Crippen LogP contribution in [-0.2, 0) is 6.54 Å². The molecule has 1 aromatic carbocycles. The molecule has 136 valence electrons. The zero-order chi connectivity index (χ0) is 18.4. The first-order chi connectivity index (χ1) is 12.5. The molecule has 1 unspecified atom stereocenters. The van der Waals surface area contributed by atoms with Gasteiger partial charge in [-0.2, -0.15) is 0 Å². The molecule has 0 saturated carbocycles. The highest BCUT2D eigenvalue weighted by atomic mass is 35.5. The molecule has 3 aromatic rings. The van der Waals surface area contributed by atoms with E-state index in [9.17, 15) is 5.11 Å². The Morgan fingerprint density at radius 1 is 1.19 bits per heavy atom. The summed E-state index contributed by atoms with van der Waals surface area (Å²) in [7, 11) is 0. The molecule has 3 heterocycles. The van der Waals surface area contributed by atoms with Gasteiger partial charge in [-0.05, 0) is 25.0 Å². The number of aromatic nitrogens is 3. The van der Waals surface area contributed by atoms with Crippen LogP contribution in [0, 0.1) is 0 Å². The van der Waals surface area contributed by atoms with Gasteiger partial charge in [-0.25, -0.2) is 9.97 Å². The molecule has 0 spiro atoms. The summed E-state index contributed by atoms with van der Waals surface area (Å²) in [5.74, 6) is 1.33. The van der Waals surface area contributed by atoms with Crippen molar-refractivity contribution < 1.29 is 5.11 Å². The Morgan fingerprint density at radius 3 is 2.73 bits per heavy atom. The van der Waals surface area contributed by atoms with E-state index in [0.29, 0.717) is 32.8 Å². The van der Waals surface area contributed by atoms with Crippen LogP contribution in [0.5, 0.6) is 0 Å². The summed E-state index contributed by atoms with van der Waals surface area (Å²) in [6.07, 6.45) is 2.52. The summed E-state index contributed by atoms with van der Waals surface area (Å²) < 4.78 is 2.09. The maximum atomic E-state index is 10.4. The number of fused-ring (bicyclic) bond motifs is 3. The number of hydrogen-bond acceptors (Lipinski definition) is 4. The Hall–Kier alpha value is -1.53. The number of imidazole rings is 1. The molecule has 8 heteroatoms. The van der Waals surface area contributed by atoms with Crippen LogP contribution in [0.25, 0.3) is 11.0 Å². The first-order valence-corrected chi connectivity index (χ1v) is 9.60. The van der Waals surface area contributed by atoms with Crippen LogP contribution in [0.4, 0.5) is 11.8 Å². The van der Waals surface area contributed by atoms with Crippen molar-refractivity contribution in [3.05, 3.63) is 45.0 Å². The van der Waals surface area contributed by atoms with E-state index in [1.807, 2.05) is 17.9 Å². The van der Waals surface area contributed by atoms with Crippen LogP contribution in [0.2, 0.25) is 15.1 Å². The van der Waals surface area contributed by atoms with Gasteiger partial charge >= 0.3 is 0 Å². The maximum Gasteiger partial charge on any atom is 0.212 e. The average Bonchev–Trinajstić information content (AvgIpc) is 3.02. The lowest BCUT2D eigenvalue weighted by molar-refractivity contribution is 0.175. The molecule has 0 fully saturated rings. The lowest BCUT2D eigenvalue weighted by Gasteiger charge is -2.29. The Kier molecular flexibility index (Phi) is 4.73. The van der Waals surface area contributed by atoms with Gasteiger partial charge in [0.15, 0.2) is 5.82 Å². The minimum absolute atomic E-state index is 0.470. The number of anilines is 2. The third kappa shape index (κ3) is 2.83. The summed E-state index contributed by atoms with van der Waals surface area (Å²) in [4.78, 5) is 11.1. The van der Waals surface area contributed by atoms with Crippen molar-refractivity contribution in [1.29, 1.82) is 0 Å². The Bertz CT molecular complexity index is 988. The van der Waals surface area contributed by atoms with E-state index >= 15 is 0 Å². The largest absolute Gasteiger partial charge is 0.388 e. The highest BCUT2D eigenvalue weighted by Crippen LogP contribution is 2.39. The molecule has 1 atom stereocenters. The normalized spacial score (nSPS) is 15.3. The predicted octanol–water partition coefficient (Wildman–Crippen LogP) is 5.38. The molecule has 0 radical (unpaired) electrons. The topological polar surface area (TPSA) is 54.2 Å². The molecule has 0 saturated heterocycles. The van der Waals surface area contributed by atoms with Crippen molar-refractivity contribution in [1.82, 2.24) is 14.5 Å². The van der Waals surface area contributed by atoms with Crippen LogP contribution < -0.4 is 4.90 Å². The molecule has 2 aromatic heterocycles. The molecule has 5 nitrogen and oxygen atoms in total. The number of benzene rings is 1. The van der Waals surface area contributed by atoms with Gasteiger partial charge in [0.2, 0.25) is 5.95 Å². The maximum absolute atomic E-state index is 10.4. The molecule has 26 heavy (non-hydrogen) atoms. The highest BCUT2D eigenvalue weighted by Gasteiger charge is 2.28. The Morgan fingerprint density at radius 2 is 2.00 bits per heavy atom. The lowest BCUT2D eigenvalue weighted by Crippen LogP contribution is -2.29. The SMILES string of the molecule is CCC(O)c1ccc(Cl)c2nc3n(c12)CCCN3c1ncc(Cl)cc1Cl. The zero-order valence-corrected chi connectivity index (χ0v) is 16.4. The molecule has 0 aliphatic carbocycles. The zero-order valence-electron chi connectivity index (χ0n) is 14.1. The van der Waals surface area contributed by atoms with Gasteiger partial charge in [-0.15, -0.1) is 0 Å². The molecule has 1 aliphatic heterocycles. The number of aliphatic hydroxyl groups is 1. The molecular weight excluding hydrogens is 395 g/mol. The van der Waals surface area contributed by atoms with Crippen molar-refractivity contribution in [2.75, 3.05) is 11.4 Å². The second-order valence-electron chi connectivity index (χ2n) is 6.29. The fraction of sp³-hybridized carbons (Fsp3) is 0.333. The lowest BCUT2D eigenvalue weighted by atomic mass is 10.1. The second kappa shape index (κ2) is 6.89. The van der Waals surface area contributed by atoms with Crippen molar-refractivity contribution in [2.24, 2.45) is 0 Å². The standard InChI is InChI=1S/C18H17Cl3N4O/c1-2-14(26)11-4-5-12(20)15-16(11)24-6-3-7-25(18(24)23-15)17-13(21)8-10(19)9-22-17/h4-5,8-9,14,26H,2-3,6-7H2,1H3. The monoisotopic (exact) mass is 410 g/mol. The van der Waals surface area contributed by atoms with Gasteiger partial charge in [-0.1, -0.05) is 47.8 Å². The van der Waals surface area contributed by atoms with Gasteiger partial charge in [0.25, 0.3) is 0 Å². The molecule has 4 rings (SSSR count). The second-order valence-corrected chi connectivity index (χ2v) is 7.54. The average molecular weight is 412 g/mol. The van der Waals surface area contributed by atoms with Gasteiger partial charge in [0.1, 0.15) is 5.52 Å². The first kappa shape index (κ1) is 17.9. The van der Waals surface area contributed by atoms with Crippen molar-refractivity contribution in [3.8, 4) is 0 Å². The van der Waals surface area contributed by atoms with Crippen molar-refractivity contribution >= 4 is 57.6 Å². The van der Waals surface area contributed by atoms with E-state index < -0.39 is 6.10 Å². The van der Waals surface area contributed by atoms with Gasteiger partial charge in [0, 0.05) is 24.8 Å². The van der Waals surface area contributed by atoms with E-state index in [4.69, 9.17) is 39.8 Å². The number of pyridine rings is 1. The van der Waals surface area contributed by atoms with E-state index in [1.165, 1.54) is 0 Å². The van der Waals surface area contributed by atoms with E-state index in [0.717, 1.165) is 36.5 Å². The third-order valence-corrected chi connectivity index (χ3v) is 5.44. The quantitative estimate of drug-likeness (QED) is 0.629. The predicted molar refractivity (Wildman–Crippen MR) is 106 cm³/mol. The van der Waals surface area contributed by atoms with Gasteiger partial charge in [-0.3, -0.25) is 4.90 Å². The number of hydrogen-bond donors (Lipinski definition) is 1. The van der Waals surface area contributed by atoms with Crippen molar-refractivity contribution in [3.63, 3.8) is 0 Å². The molecule has 1 aliphatic rings. The number of nitrogens with zero attached hydrogens (tertiary/aromatic N) is 4. The summed E-state index contributed by atoms with van der Waals surface area (Å²) in [5, 5.41) is 12.0.